The molecular formula is C20H15FN2O. The van der Waals surface area contributed by atoms with Gasteiger partial charge in [0.1, 0.15) is 5.82 Å². The van der Waals surface area contributed by atoms with Crippen molar-refractivity contribution in [3.63, 3.8) is 0 Å². The second kappa shape index (κ2) is 5.57. The molecule has 0 saturated heterocycles. The molecule has 0 unspecified atom stereocenters. The van der Waals surface area contributed by atoms with Crippen LogP contribution in [0.2, 0.25) is 0 Å². The number of H-pyrrole nitrogens is 1. The highest BCUT2D eigenvalue weighted by Crippen LogP contribution is 2.29. The highest BCUT2D eigenvalue weighted by atomic mass is 19.1. The first kappa shape index (κ1) is 14.6. The van der Waals surface area contributed by atoms with Gasteiger partial charge in [-0.2, -0.15) is 5.10 Å². The predicted octanol–water partition coefficient (Wildman–Crippen LogP) is 4.35. The van der Waals surface area contributed by atoms with E-state index in [9.17, 15) is 9.18 Å². The van der Waals surface area contributed by atoms with Crippen molar-refractivity contribution in [2.45, 2.75) is 13.3 Å². The summed E-state index contributed by atoms with van der Waals surface area (Å²) >= 11 is 0. The lowest BCUT2D eigenvalue weighted by atomic mass is 10.1. The van der Waals surface area contributed by atoms with Crippen molar-refractivity contribution in [3.8, 4) is 11.3 Å². The lowest BCUT2D eigenvalue weighted by Gasteiger charge is -1.96. The largest absolute Gasteiger partial charge is 0.289 e. The Morgan fingerprint density at radius 1 is 1.12 bits per heavy atom. The first-order valence-corrected chi connectivity index (χ1v) is 7.76. The maximum Gasteiger partial charge on any atom is 0.189 e. The van der Waals surface area contributed by atoms with Crippen LogP contribution in [-0.2, 0) is 6.42 Å². The van der Waals surface area contributed by atoms with Crippen molar-refractivity contribution in [1.29, 1.82) is 0 Å². The fraction of sp³-hybridized carbons (Fsp3) is 0.100. The minimum atomic E-state index is -0.277. The molecule has 1 aliphatic carbocycles. The number of rotatable bonds is 2. The first-order chi connectivity index (χ1) is 11.6. The number of aromatic amines is 1. The Morgan fingerprint density at radius 3 is 2.71 bits per heavy atom. The Kier molecular flexibility index (Phi) is 3.38. The van der Waals surface area contributed by atoms with Gasteiger partial charge in [0.2, 0.25) is 0 Å². The molecule has 0 aliphatic heterocycles. The maximum absolute atomic E-state index is 13.0. The van der Waals surface area contributed by atoms with E-state index in [4.69, 9.17) is 0 Å². The molecule has 4 rings (SSSR count). The van der Waals surface area contributed by atoms with E-state index < -0.39 is 0 Å². The van der Waals surface area contributed by atoms with Crippen LogP contribution in [0, 0.1) is 12.7 Å². The number of fused-ring (bicyclic) bond motifs is 1. The molecule has 4 heteroatoms. The van der Waals surface area contributed by atoms with Crippen LogP contribution in [0.1, 0.15) is 27.2 Å². The molecule has 0 fully saturated rings. The minimum Gasteiger partial charge on any atom is -0.289 e. The number of carbonyl (C=O) groups is 1. The van der Waals surface area contributed by atoms with Gasteiger partial charge in [0.05, 0.1) is 11.4 Å². The van der Waals surface area contributed by atoms with Crippen molar-refractivity contribution in [2.75, 3.05) is 0 Å². The smallest absolute Gasteiger partial charge is 0.189 e. The van der Waals surface area contributed by atoms with E-state index >= 15 is 0 Å². The monoisotopic (exact) mass is 318 g/mol. The average Bonchev–Trinajstić information content (AvgIpc) is 3.14. The summed E-state index contributed by atoms with van der Waals surface area (Å²) in [4.78, 5) is 12.5. The Morgan fingerprint density at radius 2 is 1.92 bits per heavy atom. The van der Waals surface area contributed by atoms with Gasteiger partial charge in [0.25, 0.3) is 0 Å². The van der Waals surface area contributed by atoms with Crippen LogP contribution in [-0.4, -0.2) is 16.0 Å². The average molecular weight is 318 g/mol. The van der Waals surface area contributed by atoms with Crippen LogP contribution in [0.15, 0.2) is 54.1 Å². The lowest BCUT2D eigenvalue weighted by Crippen LogP contribution is -1.95. The summed E-state index contributed by atoms with van der Waals surface area (Å²) in [6.45, 7) is 2.02. The molecule has 0 saturated carbocycles. The van der Waals surface area contributed by atoms with Gasteiger partial charge in [-0.05, 0) is 48.9 Å². The number of hydrogen-bond acceptors (Lipinski definition) is 2. The Hall–Kier alpha value is -3.01. The summed E-state index contributed by atoms with van der Waals surface area (Å²) in [5, 5.41) is 7.18. The zero-order valence-corrected chi connectivity index (χ0v) is 13.1. The molecule has 1 aromatic heterocycles. The van der Waals surface area contributed by atoms with Gasteiger partial charge in [-0.15, -0.1) is 0 Å². The molecule has 0 amide bonds. The summed E-state index contributed by atoms with van der Waals surface area (Å²) in [6, 6.07) is 14.0. The fourth-order valence-electron chi connectivity index (χ4n) is 3.03. The van der Waals surface area contributed by atoms with Gasteiger partial charge in [0.15, 0.2) is 5.78 Å². The Labute approximate surface area is 138 Å². The van der Waals surface area contributed by atoms with Gasteiger partial charge >= 0.3 is 0 Å². The van der Waals surface area contributed by atoms with E-state index in [-0.39, 0.29) is 11.6 Å². The quantitative estimate of drug-likeness (QED) is 0.714. The number of nitrogens with zero attached hydrogens (tertiary/aromatic N) is 1. The van der Waals surface area contributed by atoms with E-state index in [1.165, 1.54) is 12.1 Å². The van der Waals surface area contributed by atoms with Crippen LogP contribution in [0.25, 0.3) is 17.3 Å². The summed E-state index contributed by atoms with van der Waals surface area (Å²) in [5.74, 6) is -0.204. The number of ketones is 1. The molecule has 3 nitrogen and oxygen atoms in total. The molecule has 2 aromatic carbocycles. The van der Waals surface area contributed by atoms with Crippen LogP contribution in [0.4, 0.5) is 4.39 Å². The van der Waals surface area contributed by atoms with Crippen molar-refractivity contribution in [1.82, 2.24) is 10.2 Å². The maximum atomic E-state index is 13.0. The third-order valence-corrected chi connectivity index (χ3v) is 4.25. The van der Waals surface area contributed by atoms with Crippen molar-refractivity contribution >= 4 is 11.9 Å². The van der Waals surface area contributed by atoms with Crippen molar-refractivity contribution in [2.24, 2.45) is 0 Å². The number of allylic oxidation sites excluding steroid dienone is 1. The van der Waals surface area contributed by atoms with E-state index in [2.05, 4.69) is 16.3 Å². The number of nitrogens with one attached hydrogen (secondary N) is 1. The van der Waals surface area contributed by atoms with Gasteiger partial charge in [-0.25, -0.2) is 4.39 Å². The second-order valence-corrected chi connectivity index (χ2v) is 6.05. The van der Waals surface area contributed by atoms with Crippen LogP contribution < -0.4 is 0 Å². The van der Waals surface area contributed by atoms with Crippen LogP contribution in [0.5, 0.6) is 0 Å². The van der Waals surface area contributed by atoms with E-state index in [1.54, 1.807) is 12.1 Å². The Bertz CT molecular complexity index is 968. The van der Waals surface area contributed by atoms with Gasteiger partial charge in [0, 0.05) is 23.1 Å². The number of benzene rings is 2. The first-order valence-electron chi connectivity index (χ1n) is 7.76. The van der Waals surface area contributed by atoms with E-state index in [0.717, 1.165) is 39.2 Å². The van der Waals surface area contributed by atoms with Gasteiger partial charge in [-0.3, -0.25) is 9.89 Å². The molecular weight excluding hydrogens is 303 g/mol. The highest BCUT2D eigenvalue weighted by Gasteiger charge is 2.24. The van der Waals surface area contributed by atoms with Gasteiger partial charge in [-0.1, -0.05) is 23.8 Å². The molecule has 0 radical (unpaired) electrons. The number of Topliss-reactive ketones (excluding diaryl/α,β-unsaturated/α-hetero) is 1. The fourth-order valence-corrected chi connectivity index (χ4v) is 3.03. The molecule has 24 heavy (non-hydrogen) atoms. The second-order valence-electron chi connectivity index (χ2n) is 6.05. The summed E-state index contributed by atoms with van der Waals surface area (Å²) in [6.07, 6.45) is 2.48. The molecule has 1 N–H and O–H groups in total. The Balaban J connectivity index is 1.63. The topological polar surface area (TPSA) is 45.8 Å². The summed E-state index contributed by atoms with van der Waals surface area (Å²) in [7, 11) is 0. The van der Waals surface area contributed by atoms with E-state index in [0.29, 0.717) is 6.42 Å². The molecule has 118 valence electrons. The minimum absolute atomic E-state index is 0.0722. The number of aryl methyl sites for hydroxylation is 1. The van der Waals surface area contributed by atoms with E-state index in [1.807, 2.05) is 31.2 Å². The SMILES string of the molecule is Cc1ccc2c(c1)C/C(=C\c1cc(-c3ccc(F)cc3)n[nH]1)C2=O. The zero-order chi connectivity index (χ0) is 16.7. The van der Waals surface area contributed by atoms with Crippen molar-refractivity contribution in [3.05, 3.63) is 82.3 Å². The normalized spacial score (nSPS) is 15.1. The zero-order valence-electron chi connectivity index (χ0n) is 13.1. The molecule has 0 spiro atoms. The highest BCUT2D eigenvalue weighted by molar-refractivity contribution is 6.15. The standard InChI is InChI=1S/C20H15FN2O/c1-12-2-7-18-14(8-12)9-15(20(18)24)10-17-11-19(23-22-17)13-3-5-16(21)6-4-13/h2-8,10-11H,9H2,1H3,(H,22,23)/b15-10+. The molecule has 0 bridgehead atoms. The molecule has 1 heterocycles. The van der Waals surface area contributed by atoms with Crippen molar-refractivity contribution < 1.29 is 9.18 Å². The van der Waals surface area contributed by atoms with Gasteiger partial charge < -0.3 is 0 Å². The number of aromatic nitrogens is 2. The number of carbonyl (C=O) groups excluding carboxylic acids is 1. The summed E-state index contributed by atoms with van der Waals surface area (Å²) < 4.78 is 13.0. The lowest BCUT2D eigenvalue weighted by molar-refractivity contribution is 0.104. The third-order valence-electron chi connectivity index (χ3n) is 4.25. The van der Waals surface area contributed by atoms with Crippen LogP contribution >= 0.6 is 0 Å². The summed E-state index contributed by atoms with van der Waals surface area (Å²) in [5.41, 5.74) is 6.08. The third kappa shape index (κ3) is 2.56. The molecule has 3 aromatic rings. The predicted molar refractivity (Wildman–Crippen MR) is 91.2 cm³/mol. The number of hydrogen-bond donors (Lipinski definition) is 1. The molecule has 1 aliphatic rings. The molecule has 0 atom stereocenters. The van der Waals surface area contributed by atoms with Crippen LogP contribution in [0.3, 0.4) is 0 Å². The number of halogens is 1.